The zero-order valence-electron chi connectivity index (χ0n) is 6.95. The second kappa shape index (κ2) is 3.85. The van der Waals surface area contributed by atoms with Crippen molar-refractivity contribution < 1.29 is 9.90 Å². The van der Waals surface area contributed by atoms with E-state index in [4.69, 9.17) is 0 Å². The summed E-state index contributed by atoms with van der Waals surface area (Å²) >= 11 is 0. The van der Waals surface area contributed by atoms with Crippen molar-refractivity contribution in [1.82, 2.24) is 4.98 Å². The molecule has 0 aliphatic heterocycles. The van der Waals surface area contributed by atoms with E-state index in [1.807, 2.05) is 6.92 Å². The van der Waals surface area contributed by atoms with Gasteiger partial charge in [0.25, 0.3) is 0 Å². The van der Waals surface area contributed by atoms with Gasteiger partial charge in [-0.2, -0.15) is 0 Å². The van der Waals surface area contributed by atoms with Gasteiger partial charge in [0.05, 0.1) is 11.3 Å². The Morgan fingerprint density at radius 1 is 1.67 bits per heavy atom. The molecule has 64 valence electrons. The highest BCUT2D eigenvalue weighted by Crippen LogP contribution is 2.19. The van der Waals surface area contributed by atoms with E-state index in [-0.39, 0.29) is 5.75 Å². The van der Waals surface area contributed by atoms with Crippen molar-refractivity contribution in [3.05, 3.63) is 23.5 Å². The van der Waals surface area contributed by atoms with E-state index in [1.54, 1.807) is 0 Å². The average Bonchev–Trinajstić information content (AvgIpc) is 2.09. The van der Waals surface area contributed by atoms with Gasteiger partial charge in [0, 0.05) is 6.20 Å². The third kappa shape index (κ3) is 1.61. The molecule has 0 saturated heterocycles. The smallest absolute Gasteiger partial charge is 0.153 e. The fourth-order valence-corrected chi connectivity index (χ4v) is 1.03. The van der Waals surface area contributed by atoms with Crippen LogP contribution in [0.15, 0.2) is 12.3 Å². The summed E-state index contributed by atoms with van der Waals surface area (Å²) in [6.07, 6.45) is 3.78. The summed E-state index contributed by atoms with van der Waals surface area (Å²) in [5, 5.41) is 9.43. The van der Waals surface area contributed by atoms with Gasteiger partial charge in [0.1, 0.15) is 5.75 Å². The molecule has 1 N–H and O–H groups in total. The molecule has 1 heterocycles. The van der Waals surface area contributed by atoms with Gasteiger partial charge < -0.3 is 5.11 Å². The van der Waals surface area contributed by atoms with Gasteiger partial charge in [-0.3, -0.25) is 9.78 Å². The van der Waals surface area contributed by atoms with Crippen LogP contribution in [0.4, 0.5) is 0 Å². The molecule has 0 spiro atoms. The van der Waals surface area contributed by atoms with Gasteiger partial charge in [0.15, 0.2) is 6.29 Å². The molecule has 0 atom stereocenters. The molecule has 0 saturated carbocycles. The molecule has 0 unspecified atom stereocenters. The summed E-state index contributed by atoms with van der Waals surface area (Å²) in [4.78, 5) is 14.4. The first kappa shape index (κ1) is 8.71. The van der Waals surface area contributed by atoms with E-state index in [0.717, 1.165) is 6.42 Å². The Kier molecular flexibility index (Phi) is 2.80. The lowest BCUT2D eigenvalue weighted by Gasteiger charge is -2.02. The average molecular weight is 165 g/mol. The fourth-order valence-electron chi connectivity index (χ4n) is 1.03. The number of aldehydes is 1. The number of hydrogen-bond acceptors (Lipinski definition) is 3. The van der Waals surface area contributed by atoms with Gasteiger partial charge in [-0.05, 0) is 12.5 Å². The maximum Gasteiger partial charge on any atom is 0.153 e. The van der Waals surface area contributed by atoms with Crippen LogP contribution in [-0.4, -0.2) is 16.4 Å². The summed E-state index contributed by atoms with van der Waals surface area (Å²) in [6, 6.07) is 1.50. The summed E-state index contributed by atoms with van der Waals surface area (Å²) in [7, 11) is 0. The Morgan fingerprint density at radius 2 is 2.42 bits per heavy atom. The second-order valence-corrected chi connectivity index (χ2v) is 2.56. The number of carbonyl (C=O) groups is 1. The predicted molar refractivity (Wildman–Crippen MR) is 45.3 cm³/mol. The quantitative estimate of drug-likeness (QED) is 0.691. The molecule has 0 radical (unpaired) electrons. The van der Waals surface area contributed by atoms with Gasteiger partial charge in [-0.25, -0.2) is 0 Å². The van der Waals surface area contributed by atoms with Crippen molar-refractivity contribution in [2.45, 2.75) is 19.8 Å². The van der Waals surface area contributed by atoms with E-state index < -0.39 is 0 Å². The lowest BCUT2D eigenvalue weighted by molar-refractivity contribution is 0.112. The third-order valence-electron chi connectivity index (χ3n) is 1.65. The topological polar surface area (TPSA) is 50.2 Å². The lowest BCUT2D eigenvalue weighted by Crippen LogP contribution is -1.92. The number of rotatable bonds is 3. The number of pyridine rings is 1. The van der Waals surface area contributed by atoms with Crippen molar-refractivity contribution in [2.24, 2.45) is 0 Å². The first-order chi connectivity index (χ1) is 5.79. The molecule has 0 fully saturated rings. The third-order valence-corrected chi connectivity index (χ3v) is 1.65. The summed E-state index contributed by atoms with van der Waals surface area (Å²) in [5.74, 6) is 0.0225. The Balaban J connectivity index is 3.04. The zero-order valence-corrected chi connectivity index (χ0v) is 6.95. The molecule has 12 heavy (non-hydrogen) atoms. The Hall–Kier alpha value is -1.38. The van der Waals surface area contributed by atoms with Gasteiger partial charge >= 0.3 is 0 Å². The molecule has 0 aliphatic rings. The molecule has 3 nitrogen and oxygen atoms in total. The van der Waals surface area contributed by atoms with Crippen LogP contribution < -0.4 is 0 Å². The van der Waals surface area contributed by atoms with Crippen LogP contribution in [0.3, 0.4) is 0 Å². The van der Waals surface area contributed by atoms with E-state index >= 15 is 0 Å². The van der Waals surface area contributed by atoms with Gasteiger partial charge in [0.2, 0.25) is 0 Å². The molecular formula is C9H11NO2. The van der Waals surface area contributed by atoms with Gasteiger partial charge in [-0.1, -0.05) is 13.3 Å². The molecular weight excluding hydrogens is 154 g/mol. The number of nitrogens with zero attached hydrogens (tertiary/aromatic N) is 1. The molecule has 3 heteroatoms. The molecule has 0 aromatic carbocycles. The second-order valence-electron chi connectivity index (χ2n) is 2.56. The largest absolute Gasteiger partial charge is 0.505 e. The van der Waals surface area contributed by atoms with Crippen LogP contribution in [0, 0.1) is 0 Å². The van der Waals surface area contributed by atoms with Crippen molar-refractivity contribution in [2.75, 3.05) is 0 Å². The summed E-state index contributed by atoms with van der Waals surface area (Å²) in [5.41, 5.74) is 0.913. The van der Waals surface area contributed by atoms with Gasteiger partial charge in [-0.15, -0.1) is 0 Å². The standard InChI is InChI=1S/C9H11NO2/c1-2-3-8-9(12)7(6-11)4-5-10-8/h4-6,12H,2-3H2,1H3. The van der Waals surface area contributed by atoms with Crippen molar-refractivity contribution in [3.8, 4) is 5.75 Å². The fraction of sp³-hybridized carbons (Fsp3) is 0.333. The highest BCUT2D eigenvalue weighted by atomic mass is 16.3. The summed E-state index contributed by atoms with van der Waals surface area (Å²) in [6.45, 7) is 1.99. The Morgan fingerprint density at radius 3 is 3.00 bits per heavy atom. The van der Waals surface area contributed by atoms with E-state index in [0.29, 0.717) is 24.0 Å². The van der Waals surface area contributed by atoms with Crippen LogP contribution in [0.2, 0.25) is 0 Å². The number of hydrogen-bond donors (Lipinski definition) is 1. The SMILES string of the molecule is CCCc1nccc(C=O)c1O. The molecule has 1 aromatic heterocycles. The van der Waals surface area contributed by atoms with Crippen LogP contribution in [0.25, 0.3) is 0 Å². The first-order valence-electron chi connectivity index (χ1n) is 3.91. The van der Waals surface area contributed by atoms with Crippen molar-refractivity contribution in [3.63, 3.8) is 0 Å². The number of aromatic hydroxyl groups is 1. The zero-order chi connectivity index (χ0) is 8.97. The van der Waals surface area contributed by atoms with E-state index in [2.05, 4.69) is 4.98 Å². The van der Waals surface area contributed by atoms with Crippen LogP contribution in [0.5, 0.6) is 5.75 Å². The highest BCUT2D eigenvalue weighted by molar-refractivity contribution is 5.79. The normalized spacial score (nSPS) is 9.75. The number of carbonyl (C=O) groups excluding carboxylic acids is 1. The molecule has 0 aliphatic carbocycles. The minimum atomic E-state index is 0.0225. The van der Waals surface area contributed by atoms with Crippen LogP contribution in [0.1, 0.15) is 29.4 Å². The maximum absolute atomic E-state index is 10.4. The molecule has 0 amide bonds. The maximum atomic E-state index is 10.4. The predicted octanol–water partition coefficient (Wildman–Crippen LogP) is 1.55. The van der Waals surface area contributed by atoms with Crippen LogP contribution >= 0.6 is 0 Å². The van der Waals surface area contributed by atoms with Crippen molar-refractivity contribution in [1.29, 1.82) is 0 Å². The van der Waals surface area contributed by atoms with Crippen LogP contribution in [-0.2, 0) is 6.42 Å². The Bertz CT molecular complexity index is 284. The Labute approximate surface area is 71.1 Å². The minimum absolute atomic E-state index is 0.0225. The number of aryl methyl sites for hydroxylation is 1. The van der Waals surface area contributed by atoms with E-state index in [1.165, 1.54) is 12.3 Å². The molecule has 1 aromatic rings. The monoisotopic (exact) mass is 165 g/mol. The number of aromatic nitrogens is 1. The lowest BCUT2D eigenvalue weighted by atomic mass is 10.1. The summed E-state index contributed by atoms with van der Waals surface area (Å²) < 4.78 is 0. The van der Waals surface area contributed by atoms with E-state index in [9.17, 15) is 9.90 Å². The minimum Gasteiger partial charge on any atom is -0.505 e. The van der Waals surface area contributed by atoms with Crippen molar-refractivity contribution >= 4 is 6.29 Å². The highest BCUT2D eigenvalue weighted by Gasteiger charge is 2.05. The molecule has 0 bridgehead atoms. The first-order valence-corrected chi connectivity index (χ1v) is 3.91. The molecule has 1 rings (SSSR count).